The molecule has 0 atom stereocenters. The predicted octanol–water partition coefficient (Wildman–Crippen LogP) is 3.55. The number of carbonyl (C=O) groups excluding carboxylic acids is 1. The molecule has 0 saturated carbocycles. The first-order valence-electron chi connectivity index (χ1n) is 9.49. The second-order valence-corrected chi connectivity index (χ2v) is 7.18. The number of non-ortho nitro benzene ring substituents is 1. The molecule has 160 valence electrons. The lowest BCUT2D eigenvalue weighted by molar-refractivity contribution is -0.384. The highest BCUT2D eigenvalue weighted by Crippen LogP contribution is 2.20. The Balaban J connectivity index is 2.13. The summed E-state index contributed by atoms with van der Waals surface area (Å²) in [6, 6.07) is 11.3. The van der Waals surface area contributed by atoms with Crippen molar-refractivity contribution in [2.75, 3.05) is 7.11 Å². The summed E-state index contributed by atoms with van der Waals surface area (Å²) in [7, 11) is 1.27. The molecule has 0 radical (unpaired) electrons. The molecule has 0 aliphatic rings. The van der Waals surface area contributed by atoms with Crippen molar-refractivity contribution < 1.29 is 14.5 Å². The quantitative estimate of drug-likeness (QED) is 0.282. The van der Waals surface area contributed by atoms with E-state index in [4.69, 9.17) is 4.74 Å². The number of methoxy groups -OCH3 is 1. The minimum atomic E-state index is -0.518. The summed E-state index contributed by atoms with van der Waals surface area (Å²) in [6.45, 7) is 5.62. The molecule has 31 heavy (non-hydrogen) atoms. The minimum absolute atomic E-state index is 0.0917. The highest BCUT2D eigenvalue weighted by Gasteiger charge is 2.21. The number of rotatable bonds is 6. The number of aromatic nitrogens is 2. The van der Waals surface area contributed by atoms with Crippen LogP contribution in [0.4, 0.5) is 11.4 Å². The molecule has 1 N–H and O–H groups in total. The monoisotopic (exact) mass is 422 g/mol. The number of nitro groups is 1. The van der Waals surface area contributed by atoms with Crippen LogP contribution in [-0.4, -0.2) is 33.5 Å². The van der Waals surface area contributed by atoms with E-state index in [2.05, 4.69) is 10.1 Å². The van der Waals surface area contributed by atoms with E-state index in [-0.39, 0.29) is 17.7 Å². The van der Waals surface area contributed by atoms with Crippen molar-refractivity contribution in [2.45, 2.75) is 27.2 Å². The van der Waals surface area contributed by atoms with Gasteiger partial charge in [0.1, 0.15) is 0 Å². The van der Waals surface area contributed by atoms with Crippen LogP contribution in [-0.2, 0) is 16.0 Å². The molecule has 0 spiro atoms. The molecule has 0 unspecified atom stereocenters. The number of hydrogen-bond donors (Lipinski definition) is 1. The number of aryl methyl sites for hydroxylation is 2. The van der Waals surface area contributed by atoms with Crippen LogP contribution in [0, 0.1) is 24.0 Å². The zero-order chi connectivity index (χ0) is 22.7. The molecule has 3 rings (SSSR count). The largest absolute Gasteiger partial charge is 0.469 e. The molecule has 1 heterocycles. The van der Waals surface area contributed by atoms with Gasteiger partial charge in [-0.05, 0) is 56.2 Å². The molecular weight excluding hydrogens is 400 g/mol. The number of nitrogens with zero attached hydrogens (tertiary/aromatic N) is 3. The fraction of sp³-hybridized carbons (Fsp3) is 0.227. The second-order valence-electron chi connectivity index (χ2n) is 7.18. The molecule has 0 saturated heterocycles. The van der Waals surface area contributed by atoms with Crippen LogP contribution in [0.3, 0.4) is 0 Å². The van der Waals surface area contributed by atoms with Gasteiger partial charge < -0.3 is 4.74 Å². The molecule has 0 amide bonds. The van der Waals surface area contributed by atoms with Gasteiger partial charge in [-0.2, -0.15) is 0 Å². The van der Waals surface area contributed by atoms with Crippen molar-refractivity contribution in [2.24, 2.45) is 4.99 Å². The summed E-state index contributed by atoms with van der Waals surface area (Å²) in [5.41, 5.74) is 3.70. The van der Waals surface area contributed by atoms with E-state index in [1.807, 2.05) is 32.0 Å². The third kappa shape index (κ3) is 4.77. The Bertz CT molecular complexity index is 1220. The van der Waals surface area contributed by atoms with Crippen molar-refractivity contribution in [1.82, 2.24) is 9.78 Å². The highest BCUT2D eigenvalue weighted by atomic mass is 16.6. The van der Waals surface area contributed by atoms with Gasteiger partial charge in [-0.1, -0.05) is 6.07 Å². The molecule has 3 aromatic rings. The normalized spacial score (nSPS) is 11.4. The average Bonchev–Trinajstić information content (AvgIpc) is 3.02. The maximum atomic E-state index is 13.2. The predicted molar refractivity (Wildman–Crippen MR) is 117 cm³/mol. The lowest BCUT2D eigenvalue weighted by Crippen LogP contribution is -2.20. The molecular formula is C22H22N4O5. The molecule has 9 heteroatoms. The lowest BCUT2D eigenvalue weighted by atomic mass is 10.1. The van der Waals surface area contributed by atoms with Crippen molar-refractivity contribution >= 4 is 23.1 Å². The van der Waals surface area contributed by atoms with E-state index in [0.29, 0.717) is 22.8 Å². The Kier molecular flexibility index (Phi) is 6.15. The first-order valence-corrected chi connectivity index (χ1v) is 9.49. The number of nitro benzene ring substituents is 1. The van der Waals surface area contributed by atoms with Crippen LogP contribution in [0.25, 0.3) is 5.69 Å². The van der Waals surface area contributed by atoms with Gasteiger partial charge in [0, 0.05) is 12.1 Å². The SMILES string of the molecule is COC(=O)Cc1[nH]n(-c2ccc([N+](=O)[O-])cc2)c(=O)c1C(C)=Nc1cc(C)cc(C)c1. The Morgan fingerprint density at radius 3 is 2.32 bits per heavy atom. The number of nitrogens with one attached hydrogen (secondary N) is 1. The molecule has 9 nitrogen and oxygen atoms in total. The fourth-order valence-corrected chi connectivity index (χ4v) is 3.37. The molecule has 0 aliphatic heterocycles. The van der Waals surface area contributed by atoms with Gasteiger partial charge in [0.15, 0.2) is 0 Å². The van der Waals surface area contributed by atoms with E-state index in [1.54, 1.807) is 6.92 Å². The zero-order valence-electron chi connectivity index (χ0n) is 17.6. The topological polar surface area (TPSA) is 120 Å². The van der Waals surface area contributed by atoms with Gasteiger partial charge in [0.2, 0.25) is 0 Å². The third-order valence-electron chi connectivity index (χ3n) is 4.70. The number of aromatic amines is 1. The summed E-state index contributed by atoms with van der Waals surface area (Å²) in [5.74, 6) is -0.516. The van der Waals surface area contributed by atoms with Crippen LogP contribution in [0.2, 0.25) is 0 Å². The average molecular weight is 422 g/mol. The van der Waals surface area contributed by atoms with Crippen LogP contribution < -0.4 is 5.56 Å². The Morgan fingerprint density at radius 1 is 1.16 bits per heavy atom. The van der Waals surface area contributed by atoms with E-state index in [0.717, 1.165) is 11.1 Å². The zero-order valence-corrected chi connectivity index (χ0v) is 17.6. The maximum Gasteiger partial charge on any atom is 0.311 e. The number of hydrogen-bond acceptors (Lipinski definition) is 6. The molecule has 0 fully saturated rings. The van der Waals surface area contributed by atoms with Crippen LogP contribution in [0.5, 0.6) is 0 Å². The van der Waals surface area contributed by atoms with Gasteiger partial charge in [-0.15, -0.1) is 0 Å². The third-order valence-corrected chi connectivity index (χ3v) is 4.70. The smallest absolute Gasteiger partial charge is 0.311 e. The Hall–Kier alpha value is -4.01. The first-order chi connectivity index (χ1) is 14.7. The van der Waals surface area contributed by atoms with Crippen molar-refractivity contribution in [3.8, 4) is 5.69 Å². The van der Waals surface area contributed by atoms with Crippen LogP contribution >= 0.6 is 0 Å². The molecule has 1 aromatic heterocycles. The van der Waals surface area contributed by atoms with E-state index < -0.39 is 16.5 Å². The van der Waals surface area contributed by atoms with E-state index >= 15 is 0 Å². The number of H-pyrrole nitrogens is 1. The Morgan fingerprint density at radius 2 is 1.77 bits per heavy atom. The number of ether oxygens (including phenoxy) is 1. The summed E-state index contributed by atoms with van der Waals surface area (Å²) in [6.07, 6.45) is -0.152. The van der Waals surface area contributed by atoms with Crippen molar-refractivity contribution in [1.29, 1.82) is 0 Å². The molecule has 0 aliphatic carbocycles. The van der Waals surface area contributed by atoms with E-state index in [9.17, 15) is 19.7 Å². The Labute approximate surface area is 178 Å². The number of esters is 1. The van der Waals surface area contributed by atoms with Crippen molar-refractivity contribution in [3.05, 3.63) is 85.3 Å². The number of benzene rings is 2. The summed E-state index contributed by atoms with van der Waals surface area (Å²) in [4.78, 5) is 40.1. The molecule has 0 bridgehead atoms. The highest BCUT2D eigenvalue weighted by molar-refractivity contribution is 6.01. The first kappa shape index (κ1) is 21.7. The number of aliphatic imine (C=N–C) groups is 1. The van der Waals surface area contributed by atoms with Crippen LogP contribution in [0.15, 0.2) is 52.3 Å². The maximum absolute atomic E-state index is 13.2. The summed E-state index contributed by atoms with van der Waals surface area (Å²) in [5, 5.41) is 13.8. The van der Waals surface area contributed by atoms with Gasteiger partial charge in [0.05, 0.1) is 46.8 Å². The second kappa shape index (κ2) is 8.78. The standard InChI is InChI=1S/C22H22N4O5/c1-13-9-14(2)11-16(10-13)23-15(3)21-19(12-20(27)31-4)24-25(22(21)28)17-5-7-18(8-6-17)26(29)30/h5-11,24H,12H2,1-4H3. The van der Waals surface area contributed by atoms with Gasteiger partial charge >= 0.3 is 5.97 Å². The summed E-state index contributed by atoms with van der Waals surface area (Å²) >= 11 is 0. The lowest BCUT2D eigenvalue weighted by Gasteiger charge is -2.04. The van der Waals surface area contributed by atoms with Gasteiger partial charge in [0.25, 0.3) is 11.2 Å². The number of carbonyl (C=O) groups is 1. The van der Waals surface area contributed by atoms with Gasteiger partial charge in [-0.25, -0.2) is 4.68 Å². The fourth-order valence-electron chi connectivity index (χ4n) is 3.37. The van der Waals surface area contributed by atoms with E-state index in [1.165, 1.54) is 36.1 Å². The summed E-state index contributed by atoms with van der Waals surface area (Å²) < 4.78 is 5.98. The van der Waals surface area contributed by atoms with Crippen molar-refractivity contribution in [3.63, 3.8) is 0 Å². The van der Waals surface area contributed by atoms with Gasteiger partial charge in [-0.3, -0.25) is 29.8 Å². The molecule has 2 aromatic carbocycles. The minimum Gasteiger partial charge on any atom is -0.469 e. The van der Waals surface area contributed by atoms with Crippen LogP contribution in [0.1, 0.15) is 29.3 Å².